The van der Waals surface area contributed by atoms with Crippen LogP contribution in [0.3, 0.4) is 0 Å². The van der Waals surface area contributed by atoms with Crippen LogP contribution < -0.4 is 0 Å². The van der Waals surface area contributed by atoms with Crippen LogP contribution >= 0.6 is 0 Å². The normalized spacial score (nSPS) is 11.5. The molecule has 74 valence electrons. The minimum atomic E-state index is -0.758. The molecule has 0 bridgehead atoms. The fraction of sp³-hybridized carbons (Fsp3) is 0.727. The third-order valence-electron chi connectivity index (χ3n) is 2.25. The molecule has 0 unspecified atom stereocenters. The van der Waals surface area contributed by atoms with Crippen molar-refractivity contribution in [3.63, 3.8) is 0 Å². The molecule has 0 aliphatic carbocycles. The number of terminal acetylenes is 1. The first kappa shape index (κ1) is 12.0. The van der Waals surface area contributed by atoms with E-state index >= 15 is 0 Å². The summed E-state index contributed by atoms with van der Waals surface area (Å²) in [7, 11) is 0. The van der Waals surface area contributed by atoms with E-state index in [1.54, 1.807) is 0 Å². The molecule has 13 heavy (non-hydrogen) atoms. The molecule has 0 N–H and O–H groups in total. The molecule has 0 aromatic rings. The molecule has 0 rings (SSSR count). The summed E-state index contributed by atoms with van der Waals surface area (Å²) in [5, 5.41) is 0. The highest BCUT2D eigenvalue weighted by molar-refractivity contribution is 5.67. The number of hydrogen-bond acceptors (Lipinski definition) is 2. The van der Waals surface area contributed by atoms with E-state index in [1.165, 1.54) is 6.92 Å². The zero-order valence-corrected chi connectivity index (χ0v) is 9.05. The van der Waals surface area contributed by atoms with Crippen LogP contribution in [0.4, 0.5) is 0 Å². The van der Waals surface area contributed by atoms with Gasteiger partial charge >= 0.3 is 5.97 Å². The van der Waals surface area contributed by atoms with Crippen molar-refractivity contribution < 1.29 is 9.53 Å². The van der Waals surface area contributed by atoms with Crippen LogP contribution in [-0.4, -0.2) is 11.6 Å². The maximum Gasteiger partial charge on any atom is 0.304 e. The smallest absolute Gasteiger partial charge is 0.304 e. The molecule has 0 radical (unpaired) electrons. The highest BCUT2D eigenvalue weighted by Gasteiger charge is 2.38. The molecule has 2 heteroatoms. The monoisotopic (exact) mass is 182 g/mol. The lowest BCUT2D eigenvalue weighted by Crippen LogP contribution is -2.43. The number of rotatable bonds is 3. The summed E-state index contributed by atoms with van der Waals surface area (Å²) in [4.78, 5) is 10.9. The Balaban J connectivity index is 4.90. The van der Waals surface area contributed by atoms with Gasteiger partial charge in [-0.25, -0.2) is 0 Å². The van der Waals surface area contributed by atoms with Crippen LogP contribution in [0.5, 0.6) is 0 Å². The van der Waals surface area contributed by atoms with Crippen molar-refractivity contribution >= 4 is 5.97 Å². The predicted molar refractivity (Wildman–Crippen MR) is 53.0 cm³/mol. The van der Waals surface area contributed by atoms with E-state index in [0.29, 0.717) is 0 Å². The van der Waals surface area contributed by atoms with Gasteiger partial charge in [0.25, 0.3) is 0 Å². The van der Waals surface area contributed by atoms with E-state index in [0.717, 1.165) is 0 Å². The molecular weight excluding hydrogens is 164 g/mol. The summed E-state index contributed by atoms with van der Waals surface area (Å²) in [6, 6.07) is 0. The van der Waals surface area contributed by atoms with E-state index in [9.17, 15) is 4.79 Å². The zero-order valence-electron chi connectivity index (χ0n) is 9.05. The van der Waals surface area contributed by atoms with Crippen LogP contribution in [0.15, 0.2) is 0 Å². The molecular formula is C11H18O2. The van der Waals surface area contributed by atoms with Gasteiger partial charge in [0.15, 0.2) is 5.60 Å². The summed E-state index contributed by atoms with van der Waals surface area (Å²) in [6.45, 7) is 9.23. The topological polar surface area (TPSA) is 26.3 Å². The van der Waals surface area contributed by atoms with Crippen LogP contribution in [0, 0.1) is 24.2 Å². The second kappa shape index (κ2) is 4.32. The van der Waals surface area contributed by atoms with Crippen molar-refractivity contribution in [1.82, 2.24) is 0 Å². The summed E-state index contributed by atoms with van der Waals surface area (Å²) in [5.74, 6) is 2.54. The maximum atomic E-state index is 10.9. The van der Waals surface area contributed by atoms with Crippen LogP contribution in [0.1, 0.15) is 34.6 Å². The Morgan fingerprint density at radius 1 is 1.31 bits per heavy atom. The lowest BCUT2D eigenvalue weighted by molar-refractivity contribution is -0.159. The number of hydrogen-bond donors (Lipinski definition) is 0. The van der Waals surface area contributed by atoms with E-state index in [1.807, 2.05) is 27.7 Å². The summed E-state index contributed by atoms with van der Waals surface area (Å²) in [6.07, 6.45) is 5.43. The summed E-state index contributed by atoms with van der Waals surface area (Å²) >= 11 is 0. The van der Waals surface area contributed by atoms with Crippen molar-refractivity contribution in [2.75, 3.05) is 0 Å². The Labute approximate surface area is 80.7 Å². The van der Waals surface area contributed by atoms with Gasteiger partial charge in [-0.1, -0.05) is 33.6 Å². The average Bonchev–Trinajstić information content (AvgIpc) is 1.98. The second-order valence-corrected chi connectivity index (χ2v) is 3.84. The van der Waals surface area contributed by atoms with Crippen molar-refractivity contribution in [1.29, 1.82) is 0 Å². The lowest BCUT2D eigenvalue weighted by Gasteiger charge is -2.35. The zero-order chi connectivity index (χ0) is 10.6. The number of carbonyl (C=O) groups excluding carboxylic acids is 1. The predicted octanol–water partition coefficient (Wildman–Crippen LogP) is 2.23. The third-order valence-corrected chi connectivity index (χ3v) is 2.25. The van der Waals surface area contributed by atoms with Crippen molar-refractivity contribution in [2.24, 2.45) is 11.8 Å². The largest absolute Gasteiger partial charge is 0.445 e. The fourth-order valence-corrected chi connectivity index (χ4v) is 1.50. The summed E-state index contributed by atoms with van der Waals surface area (Å²) < 4.78 is 5.23. The molecule has 0 spiro atoms. The summed E-state index contributed by atoms with van der Waals surface area (Å²) in [5.41, 5.74) is -0.758. The first-order valence-electron chi connectivity index (χ1n) is 4.54. The average molecular weight is 182 g/mol. The van der Waals surface area contributed by atoms with E-state index in [4.69, 9.17) is 11.2 Å². The van der Waals surface area contributed by atoms with Crippen molar-refractivity contribution in [2.45, 2.75) is 40.2 Å². The Hall–Kier alpha value is -0.970. The Morgan fingerprint density at radius 2 is 1.69 bits per heavy atom. The molecule has 0 atom stereocenters. The van der Waals surface area contributed by atoms with Gasteiger partial charge in [-0.3, -0.25) is 4.79 Å². The third kappa shape index (κ3) is 2.48. The van der Waals surface area contributed by atoms with Gasteiger partial charge in [0, 0.05) is 18.8 Å². The minimum absolute atomic E-state index is 0.126. The number of esters is 1. The molecule has 0 aliphatic heterocycles. The van der Waals surface area contributed by atoms with Crippen LogP contribution in [0.2, 0.25) is 0 Å². The van der Waals surface area contributed by atoms with Crippen molar-refractivity contribution in [3.05, 3.63) is 0 Å². The molecule has 0 saturated carbocycles. The standard InChI is InChI=1S/C11H18O2/c1-7-11(8(2)3,9(4)5)13-10(6)12/h1,8-9H,2-6H3. The van der Waals surface area contributed by atoms with Gasteiger partial charge in [0.1, 0.15) is 0 Å². The van der Waals surface area contributed by atoms with E-state index < -0.39 is 5.60 Å². The fourth-order valence-electron chi connectivity index (χ4n) is 1.50. The van der Waals surface area contributed by atoms with Crippen LogP contribution in [0.25, 0.3) is 0 Å². The molecule has 0 aromatic carbocycles. The molecule has 0 aromatic heterocycles. The molecule has 0 saturated heterocycles. The first-order valence-corrected chi connectivity index (χ1v) is 4.54. The molecule has 0 aliphatic rings. The number of ether oxygens (including phenoxy) is 1. The Bertz CT molecular complexity index is 213. The van der Waals surface area contributed by atoms with Crippen LogP contribution in [-0.2, 0) is 9.53 Å². The lowest BCUT2D eigenvalue weighted by atomic mass is 9.81. The molecule has 2 nitrogen and oxygen atoms in total. The van der Waals surface area contributed by atoms with Crippen molar-refractivity contribution in [3.8, 4) is 12.3 Å². The van der Waals surface area contributed by atoms with Gasteiger partial charge in [-0.2, -0.15) is 0 Å². The van der Waals surface area contributed by atoms with E-state index in [2.05, 4.69) is 5.92 Å². The SMILES string of the molecule is C#CC(OC(C)=O)(C(C)C)C(C)C. The number of carbonyl (C=O) groups is 1. The maximum absolute atomic E-state index is 10.9. The van der Waals surface area contributed by atoms with Gasteiger partial charge < -0.3 is 4.74 Å². The Morgan fingerprint density at radius 3 is 1.77 bits per heavy atom. The van der Waals surface area contributed by atoms with E-state index in [-0.39, 0.29) is 17.8 Å². The Kier molecular flexibility index (Phi) is 4.00. The molecule has 0 heterocycles. The van der Waals surface area contributed by atoms with Gasteiger partial charge in [0.05, 0.1) is 0 Å². The second-order valence-electron chi connectivity index (χ2n) is 3.84. The first-order chi connectivity index (χ1) is 5.86. The highest BCUT2D eigenvalue weighted by Crippen LogP contribution is 2.29. The molecule has 0 fully saturated rings. The van der Waals surface area contributed by atoms with Gasteiger partial charge in [0.2, 0.25) is 0 Å². The van der Waals surface area contributed by atoms with Gasteiger partial charge in [-0.05, 0) is 0 Å². The quantitative estimate of drug-likeness (QED) is 0.494. The molecule has 0 amide bonds. The minimum Gasteiger partial charge on any atom is -0.445 e. The van der Waals surface area contributed by atoms with Gasteiger partial charge in [-0.15, -0.1) is 6.42 Å². The highest BCUT2D eigenvalue weighted by atomic mass is 16.6.